The molecule has 0 aromatic heterocycles. The fourth-order valence-corrected chi connectivity index (χ4v) is 6.96. The molecule has 58 heavy (non-hydrogen) atoms. The molecule has 0 aliphatic heterocycles. The summed E-state index contributed by atoms with van der Waals surface area (Å²) >= 11 is 0. The molecule has 3 aromatic carbocycles. The molecule has 2 amide bonds. The van der Waals surface area contributed by atoms with Gasteiger partial charge in [0.25, 0.3) is 0 Å². The average molecular weight is 825 g/mol. The van der Waals surface area contributed by atoms with Crippen LogP contribution in [0.5, 0.6) is 5.75 Å². The molecule has 0 aliphatic carbocycles. The van der Waals surface area contributed by atoms with Gasteiger partial charge in [-0.3, -0.25) is 13.9 Å². The highest BCUT2D eigenvalue weighted by atomic mass is 32.2. The third-order valence-electron chi connectivity index (χ3n) is 10.6. The van der Waals surface area contributed by atoms with Crippen molar-refractivity contribution in [1.29, 1.82) is 0 Å². The predicted octanol–water partition coefficient (Wildman–Crippen LogP) is 5.70. The van der Waals surface area contributed by atoms with Crippen molar-refractivity contribution in [2.45, 2.75) is 98.6 Å². The maximum atomic E-state index is 14.0. The third kappa shape index (κ3) is 16.0. The topological polar surface area (TPSA) is 156 Å². The number of carbonyl (C=O) groups is 2. The van der Waals surface area contributed by atoms with Gasteiger partial charge in [-0.2, -0.15) is 0 Å². The van der Waals surface area contributed by atoms with Gasteiger partial charge in [-0.05, 0) is 85.5 Å². The van der Waals surface area contributed by atoms with E-state index in [1.807, 2.05) is 102 Å². The standard InChI is InChI=1S/C45H68N4O8S/c1-10-33(5)43(45(52)47-28-36-18-15-32(4)16-19-36)48-44(51)39(31(2)3)27-41(50)40(46-22-21-35-13-11-14-38(25-35)49(7)58(9,53)54)30-56-29-37-20-17-34(6)42(26-37)57-24-12-23-55-8/h11,13-20,25-26,31,33,39-41,43,46,50H,10,12,21-24,27-30H2,1-9H3,(H,47,52)(H,48,51)/t33-,39-,40-,41-,43-/m0/s1. The largest absolute Gasteiger partial charge is 0.493 e. The van der Waals surface area contributed by atoms with Gasteiger partial charge in [0.05, 0.1) is 43.9 Å². The number of carbonyl (C=O) groups excluding carboxylic acids is 2. The Morgan fingerprint density at radius 1 is 0.914 bits per heavy atom. The molecule has 0 fully saturated rings. The quantitative estimate of drug-likeness (QED) is 0.0747. The fraction of sp³-hybridized carbons (Fsp3) is 0.556. The summed E-state index contributed by atoms with van der Waals surface area (Å²) in [4.78, 5) is 27.5. The number of sulfonamides is 1. The van der Waals surface area contributed by atoms with Crippen molar-refractivity contribution in [3.8, 4) is 5.75 Å². The maximum Gasteiger partial charge on any atom is 0.243 e. The van der Waals surface area contributed by atoms with Gasteiger partial charge in [0.2, 0.25) is 21.8 Å². The monoisotopic (exact) mass is 824 g/mol. The van der Waals surface area contributed by atoms with E-state index >= 15 is 0 Å². The molecule has 0 aliphatic rings. The molecule has 12 nitrogen and oxygen atoms in total. The molecular formula is C45H68N4O8S. The van der Waals surface area contributed by atoms with Gasteiger partial charge in [-0.1, -0.05) is 88.2 Å². The van der Waals surface area contributed by atoms with E-state index in [1.54, 1.807) is 13.2 Å². The predicted molar refractivity (Wildman–Crippen MR) is 231 cm³/mol. The summed E-state index contributed by atoms with van der Waals surface area (Å²) in [7, 11) is -0.241. The van der Waals surface area contributed by atoms with Crippen LogP contribution in [0.4, 0.5) is 5.69 Å². The van der Waals surface area contributed by atoms with Crippen LogP contribution in [0.2, 0.25) is 0 Å². The van der Waals surface area contributed by atoms with Crippen LogP contribution in [-0.2, 0) is 48.7 Å². The number of ether oxygens (including phenoxy) is 3. The molecule has 0 saturated carbocycles. The van der Waals surface area contributed by atoms with E-state index in [0.717, 1.165) is 46.2 Å². The molecule has 13 heteroatoms. The molecule has 0 bridgehead atoms. The summed E-state index contributed by atoms with van der Waals surface area (Å²) in [5, 5.41) is 21.3. The molecular weight excluding hydrogens is 757 g/mol. The van der Waals surface area contributed by atoms with Crippen molar-refractivity contribution in [2.75, 3.05) is 51.1 Å². The first-order valence-corrected chi connectivity index (χ1v) is 22.3. The molecule has 5 atom stereocenters. The molecule has 322 valence electrons. The zero-order valence-corrected chi connectivity index (χ0v) is 36.9. The number of nitrogens with one attached hydrogen (secondary N) is 3. The summed E-state index contributed by atoms with van der Waals surface area (Å²) in [6.07, 6.45) is 2.35. The molecule has 3 aromatic rings. The van der Waals surface area contributed by atoms with Gasteiger partial charge in [0, 0.05) is 39.6 Å². The summed E-state index contributed by atoms with van der Waals surface area (Å²) in [6, 6.07) is 19.9. The van der Waals surface area contributed by atoms with Crippen LogP contribution < -0.4 is 25.0 Å². The van der Waals surface area contributed by atoms with Crippen molar-refractivity contribution >= 4 is 27.5 Å². The van der Waals surface area contributed by atoms with Crippen molar-refractivity contribution in [3.63, 3.8) is 0 Å². The first kappa shape index (κ1) is 48.4. The van der Waals surface area contributed by atoms with Gasteiger partial charge in [0.1, 0.15) is 11.8 Å². The first-order chi connectivity index (χ1) is 27.5. The lowest BCUT2D eigenvalue weighted by Gasteiger charge is -2.31. The molecule has 4 N–H and O–H groups in total. The molecule has 0 radical (unpaired) electrons. The number of aliphatic hydroxyl groups excluding tert-OH is 1. The number of hydrogen-bond donors (Lipinski definition) is 4. The number of benzene rings is 3. The normalized spacial score (nSPS) is 14.3. The van der Waals surface area contributed by atoms with Gasteiger partial charge in [-0.25, -0.2) is 8.42 Å². The Morgan fingerprint density at radius 2 is 1.62 bits per heavy atom. The smallest absolute Gasteiger partial charge is 0.243 e. The summed E-state index contributed by atoms with van der Waals surface area (Å²) in [5.41, 5.74) is 5.52. The average Bonchev–Trinajstić information content (AvgIpc) is 3.19. The number of aryl methyl sites for hydroxylation is 2. The summed E-state index contributed by atoms with van der Waals surface area (Å²) in [6.45, 7) is 14.2. The number of aliphatic hydroxyl groups is 1. The lowest BCUT2D eigenvalue weighted by Crippen LogP contribution is -2.53. The Balaban J connectivity index is 1.75. The molecule has 0 heterocycles. The number of anilines is 1. The van der Waals surface area contributed by atoms with E-state index in [-0.39, 0.29) is 43.3 Å². The lowest BCUT2D eigenvalue weighted by atomic mass is 9.86. The second-order valence-corrected chi connectivity index (χ2v) is 17.8. The maximum absolute atomic E-state index is 14.0. The van der Waals surface area contributed by atoms with E-state index in [9.17, 15) is 23.1 Å². The Labute approximate surface area is 347 Å². The van der Waals surface area contributed by atoms with Crippen molar-refractivity contribution in [2.24, 2.45) is 17.8 Å². The van der Waals surface area contributed by atoms with Crippen LogP contribution in [0.25, 0.3) is 0 Å². The second kappa shape index (κ2) is 24.2. The van der Waals surface area contributed by atoms with E-state index < -0.39 is 34.1 Å². The summed E-state index contributed by atoms with van der Waals surface area (Å²) in [5.74, 6) is -0.584. The van der Waals surface area contributed by atoms with Gasteiger partial charge in [0.15, 0.2) is 0 Å². The number of methoxy groups -OCH3 is 1. The minimum absolute atomic E-state index is 0.115. The van der Waals surface area contributed by atoms with Crippen molar-refractivity contribution < 1.29 is 37.3 Å². The van der Waals surface area contributed by atoms with Crippen LogP contribution >= 0.6 is 0 Å². The lowest BCUT2D eigenvalue weighted by molar-refractivity contribution is -0.134. The second-order valence-electron chi connectivity index (χ2n) is 15.7. The Bertz CT molecular complexity index is 1820. The number of nitrogens with zero attached hydrogens (tertiary/aromatic N) is 1. The molecule has 3 rings (SSSR count). The SMILES string of the molecule is CC[C@H](C)[C@H](NC(=O)[C@@H](C[C@H](O)[C@H](COCc1ccc(C)c(OCCCOC)c1)NCCc1cccc(N(C)S(C)(=O)=O)c1)C(C)C)C(=O)NCc1ccc(C)cc1. The van der Waals surface area contributed by atoms with E-state index in [0.29, 0.717) is 44.8 Å². The van der Waals surface area contributed by atoms with Gasteiger partial charge in [-0.15, -0.1) is 0 Å². The minimum atomic E-state index is -3.42. The van der Waals surface area contributed by atoms with Crippen LogP contribution in [0, 0.1) is 31.6 Å². The molecule has 0 spiro atoms. The van der Waals surface area contributed by atoms with E-state index in [2.05, 4.69) is 16.0 Å². The highest BCUT2D eigenvalue weighted by Gasteiger charge is 2.33. The zero-order chi connectivity index (χ0) is 42.8. The van der Waals surface area contributed by atoms with Gasteiger partial charge >= 0.3 is 0 Å². The Hall–Kier alpha value is -4.01. The minimum Gasteiger partial charge on any atom is -0.493 e. The Morgan fingerprint density at radius 3 is 2.28 bits per heavy atom. The van der Waals surface area contributed by atoms with Crippen LogP contribution in [0.3, 0.4) is 0 Å². The van der Waals surface area contributed by atoms with Crippen LogP contribution in [0.1, 0.15) is 74.8 Å². The zero-order valence-electron chi connectivity index (χ0n) is 36.0. The molecule has 0 saturated heterocycles. The highest BCUT2D eigenvalue weighted by molar-refractivity contribution is 7.92. The van der Waals surface area contributed by atoms with E-state index in [1.165, 1.54) is 11.4 Å². The first-order valence-electron chi connectivity index (χ1n) is 20.4. The fourth-order valence-electron chi connectivity index (χ4n) is 6.46. The number of hydrogen-bond acceptors (Lipinski definition) is 9. The van der Waals surface area contributed by atoms with Crippen LogP contribution in [0.15, 0.2) is 66.7 Å². The third-order valence-corrected chi connectivity index (χ3v) is 11.8. The number of rotatable bonds is 26. The number of amides is 2. The highest BCUT2D eigenvalue weighted by Crippen LogP contribution is 2.23. The van der Waals surface area contributed by atoms with Crippen molar-refractivity contribution in [1.82, 2.24) is 16.0 Å². The summed E-state index contributed by atoms with van der Waals surface area (Å²) < 4.78 is 42.9. The van der Waals surface area contributed by atoms with Crippen molar-refractivity contribution in [3.05, 3.63) is 94.5 Å². The van der Waals surface area contributed by atoms with Crippen LogP contribution in [-0.4, -0.2) is 90.3 Å². The molecule has 0 unspecified atom stereocenters. The Kier molecular flexibility index (Phi) is 20.1. The van der Waals surface area contributed by atoms with Gasteiger partial charge < -0.3 is 35.3 Å². The van der Waals surface area contributed by atoms with E-state index in [4.69, 9.17) is 14.2 Å².